The highest BCUT2D eigenvalue weighted by molar-refractivity contribution is 6.30. The van der Waals surface area contributed by atoms with Crippen molar-refractivity contribution < 1.29 is 14.5 Å². The number of hydrogen-bond donors (Lipinski definition) is 2. The minimum absolute atomic E-state index is 0.0469. The van der Waals surface area contributed by atoms with E-state index in [1.54, 1.807) is 31.2 Å². The van der Waals surface area contributed by atoms with Crippen molar-refractivity contribution in [2.24, 2.45) is 0 Å². The van der Waals surface area contributed by atoms with E-state index in [1.807, 2.05) is 0 Å². The molecule has 1 saturated heterocycles. The Labute approximate surface area is 185 Å². The van der Waals surface area contributed by atoms with E-state index in [-0.39, 0.29) is 23.5 Å². The van der Waals surface area contributed by atoms with Crippen molar-refractivity contribution in [1.82, 2.24) is 20.0 Å². The monoisotopic (exact) mass is 453 g/mol. The summed E-state index contributed by atoms with van der Waals surface area (Å²) in [5, 5.41) is 16.6. The minimum atomic E-state index is -0.650. The number of benzene rings is 2. The van der Waals surface area contributed by atoms with Gasteiger partial charge < -0.3 is 5.32 Å². The average Bonchev–Trinajstić information content (AvgIpc) is 3.19. The molecule has 1 aliphatic heterocycles. The summed E-state index contributed by atoms with van der Waals surface area (Å²) in [5.41, 5.74) is 1.23. The molecule has 162 valence electrons. The Balaban J connectivity index is 1.60. The first-order valence-electron chi connectivity index (χ1n) is 9.40. The van der Waals surface area contributed by atoms with Crippen LogP contribution in [0.3, 0.4) is 0 Å². The van der Waals surface area contributed by atoms with Crippen LogP contribution in [-0.2, 0) is 11.3 Å². The highest BCUT2D eigenvalue weighted by Crippen LogP contribution is 2.20. The number of hydrogen-bond acceptors (Lipinski definition) is 5. The second kappa shape index (κ2) is 8.16. The van der Waals surface area contributed by atoms with E-state index in [9.17, 15) is 24.5 Å². The van der Waals surface area contributed by atoms with Crippen molar-refractivity contribution in [1.29, 1.82) is 0 Å². The van der Waals surface area contributed by atoms with Gasteiger partial charge in [-0.25, -0.2) is 9.48 Å². The third-order valence-corrected chi connectivity index (χ3v) is 5.16. The number of urea groups is 1. The topological polar surface area (TPSA) is 130 Å². The van der Waals surface area contributed by atoms with Crippen molar-refractivity contribution in [3.05, 3.63) is 96.5 Å². The van der Waals surface area contributed by atoms with Crippen LogP contribution in [0, 0.1) is 17.0 Å². The van der Waals surface area contributed by atoms with Crippen LogP contribution in [0.5, 0.6) is 0 Å². The zero-order valence-electron chi connectivity index (χ0n) is 16.7. The number of nitrogens with zero attached hydrogens (tertiary/aromatic N) is 3. The van der Waals surface area contributed by atoms with Crippen LogP contribution in [0.15, 0.2) is 59.0 Å². The molecular weight excluding hydrogens is 438 g/mol. The van der Waals surface area contributed by atoms with Crippen LogP contribution >= 0.6 is 11.6 Å². The smallest absolute Gasteiger partial charge is 0.303 e. The lowest BCUT2D eigenvalue weighted by Crippen LogP contribution is -2.30. The number of aromatic amines is 1. The molecule has 0 aliphatic carbocycles. The van der Waals surface area contributed by atoms with Gasteiger partial charge in [0, 0.05) is 22.8 Å². The van der Waals surface area contributed by atoms with Gasteiger partial charge >= 0.3 is 6.03 Å². The van der Waals surface area contributed by atoms with Gasteiger partial charge in [-0.05, 0) is 36.8 Å². The zero-order valence-corrected chi connectivity index (χ0v) is 17.4. The number of aryl methyl sites for hydroxylation is 1. The Kier molecular flexibility index (Phi) is 5.37. The van der Waals surface area contributed by atoms with Crippen LogP contribution in [0.2, 0.25) is 5.02 Å². The molecule has 0 radical (unpaired) electrons. The normalized spacial score (nSPS) is 14.8. The summed E-state index contributed by atoms with van der Waals surface area (Å²) >= 11 is 6.00. The lowest BCUT2D eigenvalue weighted by molar-refractivity contribution is -0.384. The van der Waals surface area contributed by atoms with Gasteiger partial charge in [0.1, 0.15) is 5.70 Å². The molecule has 11 heteroatoms. The quantitative estimate of drug-likeness (QED) is 0.265. The number of halogens is 1. The van der Waals surface area contributed by atoms with Gasteiger partial charge in [0.2, 0.25) is 0 Å². The molecular formula is C21H16ClN5O5. The molecule has 2 aromatic carbocycles. The molecule has 2 heterocycles. The first kappa shape index (κ1) is 21.1. The van der Waals surface area contributed by atoms with E-state index in [2.05, 4.69) is 10.4 Å². The largest absolute Gasteiger partial charge is 0.329 e. The Bertz CT molecular complexity index is 1340. The molecule has 32 heavy (non-hydrogen) atoms. The summed E-state index contributed by atoms with van der Waals surface area (Å²) in [5.74, 6) is -0.609. The summed E-state index contributed by atoms with van der Waals surface area (Å²) in [7, 11) is 0. The molecule has 2 N–H and O–H groups in total. The number of carbonyl (C=O) groups is 2. The standard InChI is InChI=1S/C21H16ClN5O5/c1-12-17(19(28)26(24-12)16-4-2-3-14(22)9-16)10-18-20(29)25(21(30)23-18)11-13-5-7-15(8-6-13)27(31)32/h2-10,24H,11H2,1H3,(H,23,30)/b18-10-. The number of carbonyl (C=O) groups excluding carboxylic acids is 2. The van der Waals surface area contributed by atoms with E-state index in [0.29, 0.717) is 22.0 Å². The summed E-state index contributed by atoms with van der Waals surface area (Å²) in [6.45, 7) is 1.60. The summed E-state index contributed by atoms with van der Waals surface area (Å²) in [6.07, 6.45) is 1.32. The lowest BCUT2D eigenvalue weighted by Gasteiger charge is -2.11. The maximum absolute atomic E-state index is 12.9. The highest BCUT2D eigenvalue weighted by atomic mass is 35.5. The lowest BCUT2D eigenvalue weighted by atomic mass is 10.2. The van der Waals surface area contributed by atoms with Crippen LogP contribution in [0.1, 0.15) is 16.8 Å². The van der Waals surface area contributed by atoms with Crippen LogP contribution in [0.25, 0.3) is 11.8 Å². The summed E-state index contributed by atoms with van der Waals surface area (Å²) in [6, 6.07) is 11.6. The van der Waals surface area contributed by atoms with Gasteiger partial charge in [-0.2, -0.15) is 0 Å². The molecule has 0 spiro atoms. The van der Waals surface area contributed by atoms with Crippen LogP contribution in [0.4, 0.5) is 10.5 Å². The number of nitro groups is 1. The predicted octanol–water partition coefficient (Wildman–Crippen LogP) is 3.13. The zero-order chi connectivity index (χ0) is 23.0. The molecule has 0 saturated carbocycles. The minimum Gasteiger partial charge on any atom is -0.303 e. The number of amides is 3. The molecule has 4 rings (SSSR count). The molecule has 3 amide bonds. The van der Waals surface area contributed by atoms with Gasteiger partial charge in [0.15, 0.2) is 0 Å². The van der Waals surface area contributed by atoms with E-state index in [4.69, 9.17) is 11.6 Å². The molecule has 0 unspecified atom stereocenters. The molecule has 1 aromatic heterocycles. The Hall–Kier alpha value is -4.18. The number of nitrogens with one attached hydrogen (secondary N) is 2. The second-order valence-corrected chi connectivity index (χ2v) is 7.51. The highest BCUT2D eigenvalue weighted by Gasteiger charge is 2.34. The third-order valence-electron chi connectivity index (χ3n) is 4.92. The summed E-state index contributed by atoms with van der Waals surface area (Å²) in [4.78, 5) is 49.2. The van der Waals surface area contributed by atoms with Crippen LogP contribution < -0.4 is 10.9 Å². The van der Waals surface area contributed by atoms with E-state index >= 15 is 0 Å². The Morgan fingerprint density at radius 3 is 2.50 bits per heavy atom. The first-order chi connectivity index (χ1) is 15.2. The molecule has 3 aromatic rings. The molecule has 0 atom stereocenters. The number of aromatic nitrogens is 2. The second-order valence-electron chi connectivity index (χ2n) is 7.07. The number of imide groups is 1. The number of rotatable bonds is 5. The summed E-state index contributed by atoms with van der Waals surface area (Å²) < 4.78 is 1.30. The SMILES string of the molecule is Cc1[nH]n(-c2cccc(Cl)c2)c(=O)c1/C=C1\NC(=O)N(Cc2ccc([N+](=O)[O-])cc2)C1=O. The molecule has 10 nitrogen and oxygen atoms in total. The number of H-pyrrole nitrogens is 1. The maximum Gasteiger partial charge on any atom is 0.329 e. The van der Waals surface area contributed by atoms with Crippen molar-refractivity contribution in [3.8, 4) is 5.69 Å². The van der Waals surface area contributed by atoms with Crippen molar-refractivity contribution in [2.45, 2.75) is 13.5 Å². The van der Waals surface area contributed by atoms with E-state index < -0.39 is 22.4 Å². The van der Waals surface area contributed by atoms with Crippen molar-refractivity contribution >= 4 is 35.3 Å². The fourth-order valence-corrected chi connectivity index (χ4v) is 3.48. The maximum atomic E-state index is 12.9. The molecule has 1 fully saturated rings. The van der Waals surface area contributed by atoms with Crippen molar-refractivity contribution in [3.63, 3.8) is 0 Å². The molecule has 0 bridgehead atoms. The van der Waals surface area contributed by atoms with E-state index in [0.717, 1.165) is 4.90 Å². The van der Waals surface area contributed by atoms with Crippen molar-refractivity contribution in [2.75, 3.05) is 0 Å². The van der Waals surface area contributed by atoms with Crippen LogP contribution in [-0.4, -0.2) is 31.5 Å². The van der Waals surface area contributed by atoms with Gasteiger partial charge in [-0.1, -0.05) is 29.8 Å². The fraction of sp³-hybridized carbons (Fsp3) is 0.0952. The predicted molar refractivity (Wildman–Crippen MR) is 116 cm³/mol. The van der Waals surface area contributed by atoms with Gasteiger partial charge in [0.25, 0.3) is 17.2 Å². The van der Waals surface area contributed by atoms with Gasteiger partial charge in [-0.15, -0.1) is 0 Å². The fourth-order valence-electron chi connectivity index (χ4n) is 3.29. The average molecular weight is 454 g/mol. The third kappa shape index (κ3) is 3.91. The first-order valence-corrected chi connectivity index (χ1v) is 9.78. The van der Waals surface area contributed by atoms with Gasteiger partial charge in [0.05, 0.1) is 22.7 Å². The Morgan fingerprint density at radius 1 is 1.12 bits per heavy atom. The Morgan fingerprint density at radius 2 is 1.84 bits per heavy atom. The van der Waals surface area contributed by atoms with Gasteiger partial charge in [-0.3, -0.25) is 29.7 Å². The number of nitro benzene ring substituents is 1. The molecule has 1 aliphatic rings. The van der Waals surface area contributed by atoms with E-state index in [1.165, 1.54) is 35.0 Å². The number of non-ortho nitro benzene ring substituents is 1.